The molecule has 0 bridgehead atoms. The number of aromatic nitrogens is 1. The number of rotatable bonds is 1. The standard InChI is InChI=1S/C17H10NO/c1-2-6-15-14(4-1)17-13(5-3-7-16(17)19-15)12-8-10-18-11-9-12/h2-11H. The van der Waals surface area contributed by atoms with Crippen LogP contribution in [-0.2, 0) is 0 Å². The molecule has 2 heterocycles. The molecule has 2 heteroatoms. The molecule has 2 aromatic carbocycles. The molecule has 0 saturated carbocycles. The molecule has 0 N–H and O–H groups in total. The smallest absolute Gasteiger partial charge is 0.136 e. The Balaban J connectivity index is 2.17. The second-order valence-corrected chi connectivity index (χ2v) is 4.44. The van der Waals surface area contributed by atoms with Crippen molar-refractivity contribution < 1.29 is 4.42 Å². The summed E-state index contributed by atoms with van der Waals surface area (Å²) in [7, 11) is 0. The van der Waals surface area contributed by atoms with Gasteiger partial charge in [0.05, 0.1) is 0 Å². The molecule has 0 aliphatic heterocycles. The monoisotopic (exact) mass is 244 g/mol. The predicted octanol–water partition coefficient (Wildman–Crippen LogP) is 4.45. The number of hydrogen-bond donors (Lipinski definition) is 0. The Bertz CT molecular complexity index is 862. The molecule has 0 amide bonds. The Hall–Kier alpha value is -2.61. The predicted molar refractivity (Wildman–Crippen MR) is 75.8 cm³/mol. The van der Waals surface area contributed by atoms with Crippen molar-refractivity contribution in [2.45, 2.75) is 0 Å². The average Bonchev–Trinajstić information content (AvgIpc) is 2.86. The minimum atomic E-state index is 0.898. The van der Waals surface area contributed by atoms with Crippen LogP contribution in [0.15, 0.2) is 65.3 Å². The Morgan fingerprint density at radius 3 is 2.74 bits per heavy atom. The maximum atomic E-state index is 5.88. The first-order valence-corrected chi connectivity index (χ1v) is 6.15. The van der Waals surface area contributed by atoms with Gasteiger partial charge in [-0.1, -0.05) is 18.2 Å². The molecule has 89 valence electrons. The fourth-order valence-electron chi connectivity index (χ4n) is 2.49. The molecular weight excluding hydrogens is 234 g/mol. The molecule has 0 saturated heterocycles. The highest BCUT2D eigenvalue weighted by Gasteiger charge is 2.11. The van der Waals surface area contributed by atoms with Crippen LogP contribution in [0, 0.1) is 6.07 Å². The molecule has 0 aliphatic rings. The fraction of sp³-hybridized carbons (Fsp3) is 0. The number of furan rings is 1. The van der Waals surface area contributed by atoms with E-state index >= 15 is 0 Å². The summed E-state index contributed by atoms with van der Waals surface area (Å²) in [5.41, 5.74) is 4.12. The van der Waals surface area contributed by atoms with Gasteiger partial charge < -0.3 is 4.42 Å². The van der Waals surface area contributed by atoms with E-state index in [4.69, 9.17) is 4.42 Å². The molecular formula is C17H10NO. The second-order valence-electron chi connectivity index (χ2n) is 4.44. The van der Waals surface area contributed by atoms with Crippen LogP contribution in [0.25, 0.3) is 33.1 Å². The quantitative estimate of drug-likeness (QED) is 0.494. The first kappa shape index (κ1) is 10.3. The molecule has 1 radical (unpaired) electrons. The zero-order valence-electron chi connectivity index (χ0n) is 10.1. The number of pyridine rings is 1. The summed E-state index contributed by atoms with van der Waals surface area (Å²) in [4.78, 5) is 4.07. The summed E-state index contributed by atoms with van der Waals surface area (Å²) in [6.45, 7) is 0. The molecule has 0 fully saturated rings. The van der Waals surface area contributed by atoms with Crippen molar-refractivity contribution in [1.29, 1.82) is 0 Å². The highest BCUT2D eigenvalue weighted by atomic mass is 16.3. The molecule has 0 aliphatic carbocycles. The van der Waals surface area contributed by atoms with Crippen LogP contribution < -0.4 is 0 Å². The van der Waals surface area contributed by atoms with Crippen LogP contribution in [0.4, 0.5) is 0 Å². The van der Waals surface area contributed by atoms with Crippen molar-refractivity contribution in [2.75, 3.05) is 0 Å². The maximum Gasteiger partial charge on any atom is 0.136 e. The van der Waals surface area contributed by atoms with Crippen molar-refractivity contribution in [3.63, 3.8) is 0 Å². The Morgan fingerprint density at radius 1 is 0.947 bits per heavy atom. The van der Waals surface area contributed by atoms with Gasteiger partial charge in [-0.15, -0.1) is 0 Å². The number of hydrogen-bond acceptors (Lipinski definition) is 2. The topological polar surface area (TPSA) is 26.0 Å². The van der Waals surface area contributed by atoms with E-state index in [1.54, 1.807) is 0 Å². The Kier molecular flexibility index (Phi) is 2.15. The second kappa shape index (κ2) is 3.95. The largest absolute Gasteiger partial charge is 0.456 e. The molecule has 4 aromatic rings. The van der Waals surface area contributed by atoms with Crippen LogP contribution in [0.2, 0.25) is 0 Å². The molecule has 0 spiro atoms. The molecule has 0 unspecified atom stereocenters. The summed E-state index contributed by atoms with van der Waals surface area (Å²) in [5.74, 6) is 0. The molecule has 2 nitrogen and oxygen atoms in total. The third-order valence-corrected chi connectivity index (χ3v) is 3.33. The van der Waals surface area contributed by atoms with E-state index in [0.29, 0.717) is 0 Å². The van der Waals surface area contributed by atoms with E-state index < -0.39 is 0 Å². The van der Waals surface area contributed by atoms with Gasteiger partial charge in [0, 0.05) is 23.2 Å². The van der Waals surface area contributed by atoms with Gasteiger partial charge in [0.2, 0.25) is 0 Å². The number of fused-ring (bicyclic) bond motifs is 3. The minimum absolute atomic E-state index is 0.898. The zero-order valence-corrected chi connectivity index (χ0v) is 10.1. The van der Waals surface area contributed by atoms with Gasteiger partial charge in [-0.2, -0.15) is 0 Å². The Morgan fingerprint density at radius 2 is 1.84 bits per heavy atom. The van der Waals surface area contributed by atoms with E-state index in [0.717, 1.165) is 27.5 Å². The summed E-state index contributed by atoms with van der Waals surface area (Å²) in [5, 5.41) is 2.24. The summed E-state index contributed by atoms with van der Waals surface area (Å²) >= 11 is 0. The van der Waals surface area contributed by atoms with E-state index in [2.05, 4.69) is 17.1 Å². The lowest BCUT2D eigenvalue weighted by atomic mass is 10.0. The fourth-order valence-corrected chi connectivity index (χ4v) is 2.49. The van der Waals surface area contributed by atoms with Crippen molar-refractivity contribution in [2.24, 2.45) is 0 Å². The Labute approximate surface area is 110 Å². The third kappa shape index (κ3) is 1.54. The first-order valence-electron chi connectivity index (χ1n) is 6.15. The summed E-state index contributed by atoms with van der Waals surface area (Å²) in [6, 6.07) is 19.1. The lowest BCUT2D eigenvalue weighted by Gasteiger charge is -2.02. The van der Waals surface area contributed by atoms with Crippen LogP contribution in [0.3, 0.4) is 0 Å². The van der Waals surface area contributed by atoms with Crippen molar-refractivity contribution >= 4 is 21.9 Å². The van der Waals surface area contributed by atoms with Crippen LogP contribution in [0.5, 0.6) is 0 Å². The lowest BCUT2D eigenvalue weighted by Crippen LogP contribution is -1.79. The first-order chi connectivity index (χ1) is 9.43. The average molecular weight is 244 g/mol. The van der Waals surface area contributed by atoms with Crippen LogP contribution in [0.1, 0.15) is 0 Å². The van der Waals surface area contributed by atoms with Crippen molar-refractivity contribution in [3.05, 3.63) is 67.0 Å². The van der Waals surface area contributed by atoms with Gasteiger partial charge in [0.25, 0.3) is 0 Å². The molecule has 4 rings (SSSR count). The van der Waals surface area contributed by atoms with E-state index in [9.17, 15) is 0 Å². The van der Waals surface area contributed by atoms with Gasteiger partial charge in [-0.05, 0) is 47.5 Å². The van der Waals surface area contributed by atoms with Crippen LogP contribution >= 0.6 is 0 Å². The van der Waals surface area contributed by atoms with Gasteiger partial charge in [0.1, 0.15) is 11.2 Å². The van der Waals surface area contributed by atoms with E-state index in [1.165, 1.54) is 5.56 Å². The van der Waals surface area contributed by atoms with Gasteiger partial charge in [-0.3, -0.25) is 4.98 Å². The molecule has 19 heavy (non-hydrogen) atoms. The SMILES string of the molecule is [c]1ccc2oc3cccc(-c4ccncc4)c3c2c1. The number of nitrogens with zero attached hydrogens (tertiary/aromatic N) is 1. The molecule has 2 aromatic heterocycles. The van der Waals surface area contributed by atoms with E-state index in [1.807, 2.05) is 54.9 Å². The third-order valence-electron chi connectivity index (χ3n) is 3.33. The van der Waals surface area contributed by atoms with Gasteiger partial charge in [-0.25, -0.2) is 0 Å². The maximum absolute atomic E-state index is 5.88. The lowest BCUT2D eigenvalue weighted by molar-refractivity contribution is 0.669. The van der Waals surface area contributed by atoms with Gasteiger partial charge >= 0.3 is 0 Å². The minimum Gasteiger partial charge on any atom is -0.456 e. The number of benzene rings is 2. The van der Waals surface area contributed by atoms with E-state index in [-0.39, 0.29) is 0 Å². The normalized spacial score (nSPS) is 11.2. The summed E-state index contributed by atoms with van der Waals surface area (Å²) in [6.07, 6.45) is 3.62. The summed E-state index contributed by atoms with van der Waals surface area (Å²) < 4.78 is 5.88. The zero-order chi connectivity index (χ0) is 12.7. The van der Waals surface area contributed by atoms with Gasteiger partial charge in [0.15, 0.2) is 0 Å². The van der Waals surface area contributed by atoms with Crippen molar-refractivity contribution in [1.82, 2.24) is 4.98 Å². The van der Waals surface area contributed by atoms with Crippen molar-refractivity contribution in [3.8, 4) is 11.1 Å². The highest BCUT2D eigenvalue weighted by molar-refractivity contribution is 6.12. The van der Waals surface area contributed by atoms with Crippen LogP contribution in [-0.4, -0.2) is 4.98 Å². The molecule has 0 atom stereocenters. The highest BCUT2D eigenvalue weighted by Crippen LogP contribution is 2.35.